The molecule has 1 saturated carbocycles. The Morgan fingerprint density at radius 2 is 1.87 bits per heavy atom. The molecule has 2 aliphatic rings. The minimum absolute atomic E-state index is 0.0481. The largest absolute Gasteiger partial charge is 0.550 e. The topological polar surface area (TPSA) is 112 Å². The Bertz CT molecular complexity index is 733. The summed E-state index contributed by atoms with van der Waals surface area (Å²) in [6.45, 7) is 0. The predicted octanol–water partition coefficient (Wildman–Crippen LogP) is 0.861. The van der Waals surface area contributed by atoms with Gasteiger partial charge in [-0.15, -0.1) is 0 Å². The number of anilines is 1. The minimum atomic E-state index is -1.29. The molecule has 0 heterocycles. The molecule has 2 aliphatic carbocycles. The van der Waals surface area contributed by atoms with Gasteiger partial charge in [-0.1, -0.05) is 12.2 Å². The van der Waals surface area contributed by atoms with Gasteiger partial charge < -0.3 is 15.2 Å². The van der Waals surface area contributed by atoms with Gasteiger partial charge in [-0.3, -0.25) is 14.9 Å². The van der Waals surface area contributed by atoms with Crippen LogP contribution in [0.25, 0.3) is 0 Å². The van der Waals surface area contributed by atoms with Gasteiger partial charge in [0, 0.05) is 23.6 Å². The molecule has 0 spiro atoms. The molecule has 1 aromatic rings. The van der Waals surface area contributed by atoms with Crippen LogP contribution in [0.3, 0.4) is 0 Å². The zero-order valence-corrected chi connectivity index (χ0v) is 11.8. The van der Waals surface area contributed by atoms with E-state index in [0.717, 1.165) is 12.1 Å². The van der Waals surface area contributed by atoms with Gasteiger partial charge in [0.25, 0.3) is 0 Å². The third-order valence-corrected chi connectivity index (χ3v) is 4.44. The number of carboxylic acid groups (broad SMARTS) is 1. The fourth-order valence-corrected chi connectivity index (χ4v) is 3.46. The first-order valence-corrected chi connectivity index (χ1v) is 7.02. The Morgan fingerprint density at radius 3 is 2.48 bits per heavy atom. The first kappa shape index (κ1) is 15.1. The molecule has 0 unspecified atom stereocenters. The lowest BCUT2D eigenvalue weighted by Gasteiger charge is -2.27. The summed E-state index contributed by atoms with van der Waals surface area (Å²) in [5, 5.41) is 24.4. The zero-order valence-electron chi connectivity index (χ0n) is 11.8. The fourth-order valence-electron chi connectivity index (χ4n) is 3.46. The second-order valence-corrected chi connectivity index (χ2v) is 5.73. The van der Waals surface area contributed by atoms with Crippen molar-refractivity contribution < 1.29 is 24.0 Å². The summed E-state index contributed by atoms with van der Waals surface area (Å²) >= 11 is 0. The molecule has 1 amide bonds. The maximum absolute atomic E-state index is 13.3. The molecule has 8 heteroatoms. The molecule has 4 atom stereocenters. The number of carbonyl (C=O) groups excluding carboxylic acids is 2. The number of allylic oxidation sites excluding steroid dienone is 2. The van der Waals surface area contributed by atoms with E-state index in [-0.39, 0.29) is 17.5 Å². The molecule has 0 radical (unpaired) electrons. The number of nitro benzene ring substituents is 1. The van der Waals surface area contributed by atoms with Crippen molar-refractivity contribution in [2.75, 3.05) is 5.32 Å². The van der Waals surface area contributed by atoms with Crippen LogP contribution in [0.4, 0.5) is 15.8 Å². The van der Waals surface area contributed by atoms with E-state index in [1.165, 1.54) is 6.07 Å². The number of aliphatic carboxylic acids is 1. The van der Waals surface area contributed by atoms with Crippen LogP contribution in [0.1, 0.15) is 6.42 Å². The van der Waals surface area contributed by atoms with E-state index < -0.39 is 40.1 Å². The number of rotatable bonds is 4. The quantitative estimate of drug-likeness (QED) is 0.502. The second-order valence-electron chi connectivity index (χ2n) is 5.73. The monoisotopic (exact) mass is 319 g/mol. The number of hydrogen-bond donors (Lipinski definition) is 1. The van der Waals surface area contributed by atoms with Crippen molar-refractivity contribution in [1.82, 2.24) is 0 Å². The lowest BCUT2D eigenvalue weighted by atomic mass is 9.82. The number of nitrogens with zero attached hydrogens (tertiary/aromatic N) is 1. The first-order valence-electron chi connectivity index (χ1n) is 7.02. The van der Waals surface area contributed by atoms with Crippen LogP contribution in [0.2, 0.25) is 0 Å². The lowest BCUT2D eigenvalue weighted by Crippen LogP contribution is -2.42. The van der Waals surface area contributed by atoms with Crippen molar-refractivity contribution in [3.8, 4) is 0 Å². The maximum atomic E-state index is 13.3. The highest BCUT2D eigenvalue weighted by Gasteiger charge is 2.48. The SMILES string of the molecule is O=C([O-])[C@@H]1[C@H](C(=O)Nc2ccc(F)c([N+](=O)[O-])c2)[C@H]2C=C[C@H]1C2. The number of nitrogens with one attached hydrogen (secondary N) is 1. The highest BCUT2D eigenvalue weighted by atomic mass is 19.1. The number of hydrogen-bond acceptors (Lipinski definition) is 5. The summed E-state index contributed by atoms with van der Waals surface area (Å²) in [4.78, 5) is 33.5. The number of amides is 1. The molecule has 0 aliphatic heterocycles. The normalized spacial score (nSPS) is 27.9. The molecule has 1 fully saturated rings. The Kier molecular flexibility index (Phi) is 3.59. The number of fused-ring (bicyclic) bond motifs is 2. The molecule has 2 bridgehead atoms. The van der Waals surface area contributed by atoms with Gasteiger partial charge in [0.05, 0.1) is 10.8 Å². The molecule has 1 aromatic carbocycles. The number of benzene rings is 1. The summed E-state index contributed by atoms with van der Waals surface area (Å²) < 4.78 is 13.3. The van der Waals surface area contributed by atoms with Crippen molar-refractivity contribution in [1.29, 1.82) is 0 Å². The standard InChI is InChI=1S/C15H13FN2O5/c16-10-4-3-9(6-11(10)18(22)23)17-14(19)12-7-1-2-8(5-7)13(12)15(20)21/h1-4,6-8,12-13H,5H2,(H,17,19)(H,20,21)/p-1/t7-,8-,12+,13-/m0/s1. The number of nitro groups is 1. The van der Waals surface area contributed by atoms with Gasteiger partial charge >= 0.3 is 5.69 Å². The van der Waals surface area contributed by atoms with Crippen LogP contribution in [0.5, 0.6) is 0 Å². The molecule has 1 N–H and O–H groups in total. The summed E-state index contributed by atoms with van der Waals surface area (Å²) in [6, 6.07) is 2.98. The summed E-state index contributed by atoms with van der Waals surface area (Å²) in [5.41, 5.74) is -0.709. The van der Waals surface area contributed by atoms with E-state index in [1.54, 1.807) is 6.08 Å². The van der Waals surface area contributed by atoms with Crippen molar-refractivity contribution in [3.05, 3.63) is 46.3 Å². The molecule has 7 nitrogen and oxygen atoms in total. The first-order chi connectivity index (χ1) is 10.9. The molecular weight excluding hydrogens is 307 g/mol. The van der Waals surface area contributed by atoms with Crippen LogP contribution in [0, 0.1) is 39.6 Å². The second kappa shape index (κ2) is 5.45. The Hall–Kier alpha value is -2.77. The van der Waals surface area contributed by atoms with Crippen LogP contribution >= 0.6 is 0 Å². The third-order valence-electron chi connectivity index (χ3n) is 4.44. The van der Waals surface area contributed by atoms with Gasteiger partial charge in [-0.2, -0.15) is 4.39 Å². The minimum Gasteiger partial charge on any atom is -0.550 e. The predicted molar refractivity (Wildman–Crippen MR) is 74.4 cm³/mol. The average molecular weight is 319 g/mol. The van der Waals surface area contributed by atoms with Crippen molar-refractivity contribution >= 4 is 23.3 Å². The highest BCUT2D eigenvalue weighted by Crippen LogP contribution is 2.48. The van der Waals surface area contributed by atoms with E-state index >= 15 is 0 Å². The average Bonchev–Trinajstić information content (AvgIpc) is 3.09. The Balaban J connectivity index is 1.82. The van der Waals surface area contributed by atoms with E-state index in [1.807, 2.05) is 6.08 Å². The molecule has 0 aromatic heterocycles. The number of carbonyl (C=O) groups is 2. The van der Waals surface area contributed by atoms with Gasteiger partial charge in [0.15, 0.2) is 0 Å². The molecule has 120 valence electrons. The van der Waals surface area contributed by atoms with Crippen LogP contribution in [-0.2, 0) is 9.59 Å². The molecule has 3 rings (SSSR count). The summed E-state index contributed by atoms with van der Waals surface area (Å²) in [6.07, 6.45) is 4.15. The van der Waals surface area contributed by atoms with Gasteiger partial charge in [0.2, 0.25) is 11.7 Å². The van der Waals surface area contributed by atoms with Gasteiger partial charge in [0.1, 0.15) is 0 Å². The van der Waals surface area contributed by atoms with Crippen molar-refractivity contribution in [2.24, 2.45) is 23.7 Å². The highest BCUT2D eigenvalue weighted by molar-refractivity contribution is 5.96. The van der Waals surface area contributed by atoms with Gasteiger partial charge in [-0.05, 0) is 30.4 Å². The van der Waals surface area contributed by atoms with E-state index in [0.29, 0.717) is 6.42 Å². The summed E-state index contributed by atoms with van der Waals surface area (Å²) in [7, 11) is 0. The smallest absolute Gasteiger partial charge is 0.306 e. The third kappa shape index (κ3) is 2.56. The molecule has 23 heavy (non-hydrogen) atoms. The zero-order chi connectivity index (χ0) is 16.7. The lowest BCUT2D eigenvalue weighted by molar-refractivity contribution is -0.387. The van der Waals surface area contributed by atoms with Crippen LogP contribution in [0.15, 0.2) is 30.4 Å². The van der Waals surface area contributed by atoms with Crippen LogP contribution < -0.4 is 10.4 Å². The summed E-state index contributed by atoms with van der Waals surface area (Å²) in [5.74, 6) is -4.99. The van der Waals surface area contributed by atoms with E-state index in [9.17, 15) is 29.2 Å². The number of halogens is 1. The molecule has 0 saturated heterocycles. The van der Waals surface area contributed by atoms with Crippen molar-refractivity contribution in [3.63, 3.8) is 0 Å². The maximum Gasteiger partial charge on any atom is 0.306 e. The number of carboxylic acids is 1. The Labute approximate surface area is 130 Å². The van der Waals surface area contributed by atoms with Crippen LogP contribution in [-0.4, -0.2) is 16.8 Å². The van der Waals surface area contributed by atoms with E-state index in [2.05, 4.69) is 5.32 Å². The molecular formula is C15H12FN2O5-. The van der Waals surface area contributed by atoms with E-state index in [4.69, 9.17) is 0 Å². The van der Waals surface area contributed by atoms with Crippen molar-refractivity contribution in [2.45, 2.75) is 6.42 Å². The fraction of sp³-hybridized carbons (Fsp3) is 0.333. The Morgan fingerprint density at radius 1 is 1.22 bits per heavy atom. The van der Waals surface area contributed by atoms with Gasteiger partial charge in [-0.25, -0.2) is 0 Å².